The quantitative estimate of drug-likeness (QED) is 0.611. The third kappa shape index (κ3) is 3.99. The van der Waals surface area contributed by atoms with Crippen molar-refractivity contribution in [3.8, 4) is 0 Å². The smallest absolute Gasteiger partial charge is 0.172 e. The van der Waals surface area contributed by atoms with E-state index in [4.69, 9.17) is 5.11 Å². The molecule has 0 saturated heterocycles. The molecule has 0 atom stereocenters. The van der Waals surface area contributed by atoms with Crippen LogP contribution in [0, 0.1) is 13.8 Å². The molecule has 0 saturated carbocycles. The van der Waals surface area contributed by atoms with Crippen LogP contribution in [0.3, 0.4) is 0 Å². The topological polar surface area (TPSA) is 37.3 Å². The molecule has 2 nitrogen and oxygen atoms in total. The zero-order valence-corrected chi connectivity index (χ0v) is 10.6. The lowest BCUT2D eigenvalue weighted by Gasteiger charge is -2.05. The summed E-state index contributed by atoms with van der Waals surface area (Å²) in [6.07, 6.45) is 0.755. The van der Waals surface area contributed by atoms with Crippen molar-refractivity contribution in [2.75, 3.05) is 18.1 Å². The fraction of sp³-hybridized carbons (Fsp3) is 0.462. The van der Waals surface area contributed by atoms with Crippen molar-refractivity contribution in [3.63, 3.8) is 0 Å². The first-order valence-corrected chi connectivity index (χ1v) is 6.59. The molecule has 0 radical (unpaired) electrons. The Morgan fingerprint density at radius 1 is 1.38 bits per heavy atom. The molecule has 0 spiro atoms. The lowest BCUT2D eigenvalue weighted by molar-refractivity contribution is 0.102. The average Bonchev–Trinajstić information content (AvgIpc) is 2.24. The van der Waals surface area contributed by atoms with Gasteiger partial charge in [0, 0.05) is 12.2 Å². The van der Waals surface area contributed by atoms with Crippen LogP contribution in [0.1, 0.15) is 27.9 Å². The molecule has 1 N–H and O–H groups in total. The molecule has 0 aromatic heterocycles. The molecule has 1 rings (SSSR count). The van der Waals surface area contributed by atoms with Crippen LogP contribution in [-0.2, 0) is 0 Å². The van der Waals surface area contributed by atoms with E-state index in [1.807, 2.05) is 32.0 Å². The maximum atomic E-state index is 11.9. The number of benzene rings is 1. The average molecular weight is 238 g/mol. The predicted octanol–water partition coefficient (Wildman–Crippen LogP) is 2.60. The van der Waals surface area contributed by atoms with E-state index < -0.39 is 0 Å². The van der Waals surface area contributed by atoms with Crippen LogP contribution in [0.4, 0.5) is 0 Å². The highest BCUT2D eigenvalue weighted by molar-refractivity contribution is 7.99. The summed E-state index contributed by atoms with van der Waals surface area (Å²) in [6, 6.07) is 5.91. The van der Waals surface area contributed by atoms with E-state index in [1.165, 1.54) is 5.56 Å². The number of hydrogen-bond acceptors (Lipinski definition) is 3. The molecule has 0 amide bonds. The minimum absolute atomic E-state index is 0.181. The van der Waals surface area contributed by atoms with Gasteiger partial charge in [0.2, 0.25) is 0 Å². The normalized spacial score (nSPS) is 10.4. The van der Waals surface area contributed by atoms with Gasteiger partial charge in [-0.3, -0.25) is 4.79 Å². The molecule has 0 aliphatic carbocycles. The van der Waals surface area contributed by atoms with Crippen LogP contribution >= 0.6 is 11.8 Å². The number of aliphatic hydroxyl groups is 1. The Kier molecular flexibility index (Phi) is 5.56. The van der Waals surface area contributed by atoms with Crippen LogP contribution < -0.4 is 0 Å². The molecule has 16 heavy (non-hydrogen) atoms. The van der Waals surface area contributed by atoms with Gasteiger partial charge in [0.05, 0.1) is 5.75 Å². The van der Waals surface area contributed by atoms with Crippen molar-refractivity contribution in [1.29, 1.82) is 0 Å². The van der Waals surface area contributed by atoms with Crippen LogP contribution in [0.2, 0.25) is 0 Å². The Bertz CT molecular complexity index is 361. The van der Waals surface area contributed by atoms with E-state index in [1.54, 1.807) is 11.8 Å². The van der Waals surface area contributed by atoms with Crippen LogP contribution in [0.5, 0.6) is 0 Å². The number of rotatable bonds is 6. The third-order valence-corrected chi connectivity index (χ3v) is 3.41. The van der Waals surface area contributed by atoms with Crippen molar-refractivity contribution in [3.05, 3.63) is 34.9 Å². The molecule has 3 heteroatoms. The lowest BCUT2D eigenvalue weighted by Crippen LogP contribution is -2.05. The highest BCUT2D eigenvalue weighted by atomic mass is 32.2. The maximum Gasteiger partial charge on any atom is 0.172 e. The van der Waals surface area contributed by atoms with E-state index >= 15 is 0 Å². The van der Waals surface area contributed by atoms with Gasteiger partial charge >= 0.3 is 0 Å². The molecule has 0 fully saturated rings. The molecule has 0 aliphatic heterocycles. The van der Waals surface area contributed by atoms with Crippen LogP contribution in [-0.4, -0.2) is 29.0 Å². The standard InChI is InChI=1S/C13H18O2S/c1-10-4-5-12(11(2)8-10)13(15)9-16-7-3-6-14/h4-5,8,14H,3,6-7,9H2,1-2H3. The van der Waals surface area contributed by atoms with E-state index in [-0.39, 0.29) is 12.4 Å². The molecule has 0 bridgehead atoms. The van der Waals surface area contributed by atoms with Crippen molar-refractivity contribution < 1.29 is 9.90 Å². The number of carbonyl (C=O) groups is 1. The lowest BCUT2D eigenvalue weighted by atomic mass is 10.0. The largest absolute Gasteiger partial charge is 0.396 e. The second kappa shape index (κ2) is 6.71. The number of aryl methyl sites for hydroxylation is 2. The van der Waals surface area contributed by atoms with Crippen molar-refractivity contribution in [1.82, 2.24) is 0 Å². The molecular weight excluding hydrogens is 220 g/mol. The Balaban J connectivity index is 2.53. The molecule has 88 valence electrons. The fourth-order valence-corrected chi connectivity index (χ4v) is 2.35. The minimum atomic E-state index is 0.181. The summed E-state index contributed by atoms with van der Waals surface area (Å²) in [5.41, 5.74) is 3.05. The van der Waals surface area contributed by atoms with Crippen molar-refractivity contribution in [2.45, 2.75) is 20.3 Å². The SMILES string of the molecule is Cc1ccc(C(=O)CSCCCO)c(C)c1. The molecule has 0 unspecified atom stereocenters. The summed E-state index contributed by atoms with van der Waals surface area (Å²) in [5, 5.41) is 8.62. The zero-order valence-electron chi connectivity index (χ0n) is 9.82. The first-order valence-electron chi connectivity index (χ1n) is 5.44. The first kappa shape index (κ1) is 13.3. The van der Waals surface area contributed by atoms with Gasteiger partial charge in [-0.15, -0.1) is 0 Å². The van der Waals surface area contributed by atoms with Gasteiger partial charge in [0.25, 0.3) is 0 Å². The van der Waals surface area contributed by atoms with Gasteiger partial charge in [0.1, 0.15) is 0 Å². The summed E-state index contributed by atoms with van der Waals surface area (Å²) < 4.78 is 0. The Labute approximate surface area is 101 Å². The minimum Gasteiger partial charge on any atom is -0.396 e. The summed E-state index contributed by atoms with van der Waals surface area (Å²) in [6.45, 7) is 4.20. The second-order valence-corrected chi connectivity index (χ2v) is 4.98. The summed E-state index contributed by atoms with van der Waals surface area (Å²) in [4.78, 5) is 11.9. The molecule has 1 aromatic carbocycles. The summed E-state index contributed by atoms with van der Waals surface area (Å²) in [7, 11) is 0. The number of Topliss-reactive ketones (excluding diaryl/α,β-unsaturated/α-hetero) is 1. The number of ketones is 1. The van der Waals surface area contributed by atoms with Gasteiger partial charge in [-0.1, -0.05) is 23.8 Å². The first-order chi connectivity index (χ1) is 7.65. The molecule has 0 aliphatic rings. The molecular formula is C13H18O2S. The number of carbonyl (C=O) groups excluding carboxylic acids is 1. The Morgan fingerprint density at radius 3 is 2.75 bits per heavy atom. The fourth-order valence-electron chi connectivity index (χ4n) is 1.54. The van der Waals surface area contributed by atoms with Gasteiger partial charge in [-0.25, -0.2) is 0 Å². The predicted molar refractivity (Wildman–Crippen MR) is 69.3 cm³/mol. The summed E-state index contributed by atoms with van der Waals surface area (Å²) >= 11 is 1.58. The Morgan fingerprint density at radius 2 is 2.12 bits per heavy atom. The van der Waals surface area contributed by atoms with Crippen molar-refractivity contribution >= 4 is 17.5 Å². The number of thioether (sulfide) groups is 1. The van der Waals surface area contributed by atoms with E-state index in [2.05, 4.69) is 0 Å². The van der Waals surface area contributed by atoms with Crippen molar-refractivity contribution in [2.24, 2.45) is 0 Å². The second-order valence-electron chi connectivity index (χ2n) is 3.87. The van der Waals surface area contributed by atoms with Gasteiger partial charge in [-0.2, -0.15) is 11.8 Å². The van der Waals surface area contributed by atoms with Crippen LogP contribution in [0.25, 0.3) is 0 Å². The highest BCUT2D eigenvalue weighted by Gasteiger charge is 2.08. The molecule has 0 heterocycles. The Hall–Kier alpha value is -0.800. The van der Waals surface area contributed by atoms with E-state index in [9.17, 15) is 4.79 Å². The van der Waals surface area contributed by atoms with Gasteiger partial charge in [0.15, 0.2) is 5.78 Å². The molecule has 1 aromatic rings. The monoisotopic (exact) mass is 238 g/mol. The highest BCUT2D eigenvalue weighted by Crippen LogP contribution is 2.14. The third-order valence-electron chi connectivity index (χ3n) is 2.36. The summed E-state index contributed by atoms with van der Waals surface area (Å²) in [5.74, 6) is 1.53. The van der Waals surface area contributed by atoms with E-state index in [0.29, 0.717) is 5.75 Å². The zero-order chi connectivity index (χ0) is 12.0. The number of hydrogen-bond donors (Lipinski definition) is 1. The van der Waals surface area contributed by atoms with Crippen LogP contribution in [0.15, 0.2) is 18.2 Å². The van der Waals surface area contributed by atoms with E-state index in [0.717, 1.165) is 23.3 Å². The maximum absolute atomic E-state index is 11.9. The van der Waals surface area contributed by atoms with Gasteiger partial charge < -0.3 is 5.11 Å². The number of aliphatic hydroxyl groups excluding tert-OH is 1. The van der Waals surface area contributed by atoms with Gasteiger partial charge in [-0.05, 0) is 31.6 Å².